The molecule has 30 heavy (non-hydrogen) atoms. The summed E-state index contributed by atoms with van der Waals surface area (Å²) in [4.78, 5) is 15.6. The summed E-state index contributed by atoms with van der Waals surface area (Å²) in [5.41, 5.74) is 15.4. The van der Waals surface area contributed by atoms with Crippen molar-refractivity contribution in [3.63, 3.8) is 0 Å². The number of aryl methyl sites for hydroxylation is 2. The third-order valence-corrected chi connectivity index (χ3v) is 5.86. The molecule has 2 atom stereocenters. The fourth-order valence-corrected chi connectivity index (χ4v) is 4.33. The normalized spacial score (nSPS) is 21.7. The van der Waals surface area contributed by atoms with E-state index in [1.165, 1.54) is 16.7 Å². The smallest absolute Gasteiger partial charge is 0.249 e. The molecule has 1 fully saturated rings. The number of hydrogen-bond acceptors (Lipinski definition) is 3. The SMILES string of the molecule is Cc1ccc(/C=C2/CCC[C@@H]3C2=NN(C(=O)CN=[N+]=[N-])[C@H]3c2ccc(C)cc2)cc1. The molecule has 1 heterocycles. The lowest BCUT2D eigenvalue weighted by Gasteiger charge is -2.29. The number of carbonyl (C=O) groups is 1. The van der Waals surface area contributed by atoms with Crippen LogP contribution in [0.2, 0.25) is 0 Å². The van der Waals surface area contributed by atoms with Gasteiger partial charge in [-0.05, 0) is 61.4 Å². The maximum Gasteiger partial charge on any atom is 0.249 e. The molecule has 1 saturated carbocycles. The number of amides is 1. The number of benzene rings is 2. The van der Waals surface area contributed by atoms with Gasteiger partial charge in [-0.25, -0.2) is 5.01 Å². The van der Waals surface area contributed by atoms with Crippen LogP contribution in [0.1, 0.15) is 47.6 Å². The zero-order valence-electron chi connectivity index (χ0n) is 17.3. The van der Waals surface area contributed by atoms with Crippen LogP contribution in [0.3, 0.4) is 0 Å². The molecule has 1 aliphatic carbocycles. The molecule has 1 aliphatic heterocycles. The molecule has 0 aromatic heterocycles. The van der Waals surface area contributed by atoms with Crippen molar-refractivity contribution in [2.45, 2.75) is 39.2 Å². The van der Waals surface area contributed by atoms with Crippen LogP contribution in [-0.4, -0.2) is 23.2 Å². The molecule has 4 rings (SSSR count). The Balaban J connectivity index is 1.73. The van der Waals surface area contributed by atoms with Crippen molar-refractivity contribution >= 4 is 17.7 Å². The molecule has 0 bridgehead atoms. The van der Waals surface area contributed by atoms with Crippen molar-refractivity contribution in [3.8, 4) is 0 Å². The summed E-state index contributed by atoms with van der Waals surface area (Å²) in [6, 6.07) is 16.6. The van der Waals surface area contributed by atoms with Gasteiger partial charge in [0.15, 0.2) is 0 Å². The molecule has 1 amide bonds. The fourth-order valence-electron chi connectivity index (χ4n) is 4.33. The number of allylic oxidation sites excluding steroid dienone is 1. The van der Waals surface area contributed by atoms with Crippen LogP contribution in [0.5, 0.6) is 0 Å². The molecule has 2 aliphatic rings. The minimum Gasteiger partial charge on any atom is -0.273 e. The van der Waals surface area contributed by atoms with Crippen LogP contribution in [-0.2, 0) is 4.79 Å². The van der Waals surface area contributed by atoms with Gasteiger partial charge in [-0.15, -0.1) is 0 Å². The second-order valence-electron chi connectivity index (χ2n) is 8.05. The van der Waals surface area contributed by atoms with E-state index in [0.717, 1.165) is 36.1 Å². The first-order valence-corrected chi connectivity index (χ1v) is 10.3. The van der Waals surface area contributed by atoms with E-state index in [4.69, 9.17) is 10.6 Å². The Morgan fingerprint density at radius 1 is 1.17 bits per heavy atom. The molecule has 0 unspecified atom stereocenters. The molecule has 0 saturated heterocycles. The van der Waals surface area contributed by atoms with Gasteiger partial charge in [0.05, 0.1) is 11.8 Å². The van der Waals surface area contributed by atoms with Crippen molar-refractivity contribution in [3.05, 3.63) is 86.8 Å². The topological polar surface area (TPSA) is 81.4 Å². The van der Waals surface area contributed by atoms with E-state index in [1.54, 1.807) is 5.01 Å². The molecule has 6 heteroatoms. The maximum absolute atomic E-state index is 12.8. The van der Waals surface area contributed by atoms with E-state index < -0.39 is 0 Å². The van der Waals surface area contributed by atoms with Crippen molar-refractivity contribution in [1.29, 1.82) is 0 Å². The molecule has 0 radical (unpaired) electrons. The van der Waals surface area contributed by atoms with Crippen LogP contribution in [0.15, 0.2) is 64.3 Å². The quantitative estimate of drug-likeness (QED) is 0.367. The predicted octanol–water partition coefficient (Wildman–Crippen LogP) is 5.74. The summed E-state index contributed by atoms with van der Waals surface area (Å²) in [5, 5.41) is 9.81. The van der Waals surface area contributed by atoms with Gasteiger partial charge >= 0.3 is 0 Å². The van der Waals surface area contributed by atoms with Crippen molar-refractivity contribution in [2.24, 2.45) is 16.1 Å². The highest BCUT2D eigenvalue weighted by Gasteiger charge is 2.43. The third-order valence-electron chi connectivity index (χ3n) is 5.86. The molecule has 2 aromatic carbocycles. The van der Waals surface area contributed by atoms with Gasteiger partial charge in [-0.2, -0.15) is 5.10 Å². The van der Waals surface area contributed by atoms with Crippen LogP contribution in [0.25, 0.3) is 16.5 Å². The zero-order valence-corrected chi connectivity index (χ0v) is 17.3. The van der Waals surface area contributed by atoms with E-state index in [0.29, 0.717) is 0 Å². The summed E-state index contributed by atoms with van der Waals surface area (Å²) >= 11 is 0. The number of carbonyl (C=O) groups excluding carboxylic acids is 1. The zero-order chi connectivity index (χ0) is 21.1. The summed E-state index contributed by atoms with van der Waals surface area (Å²) in [5.74, 6) is -0.122. The van der Waals surface area contributed by atoms with Gasteiger partial charge in [-0.1, -0.05) is 64.8 Å². The van der Waals surface area contributed by atoms with Gasteiger partial charge in [-0.3, -0.25) is 4.79 Å². The van der Waals surface area contributed by atoms with Crippen molar-refractivity contribution < 1.29 is 4.79 Å². The van der Waals surface area contributed by atoms with Gasteiger partial charge in [0.25, 0.3) is 0 Å². The first-order chi connectivity index (χ1) is 14.6. The number of rotatable bonds is 4. The minimum atomic E-state index is -0.269. The number of hydrazone groups is 1. The number of hydrogen-bond donors (Lipinski definition) is 0. The maximum atomic E-state index is 12.8. The molecule has 2 aromatic rings. The monoisotopic (exact) mass is 399 g/mol. The first-order valence-electron chi connectivity index (χ1n) is 10.3. The van der Waals surface area contributed by atoms with E-state index in [1.807, 2.05) is 6.92 Å². The fraction of sp³-hybridized carbons (Fsp3) is 0.333. The summed E-state index contributed by atoms with van der Waals surface area (Å²) in [6.07, 6.45) is 5.18. The van der Waals surface area contributed by atoms with Gasteiger partial charge < -0.3 is 0 Å². The predicted molar refractivity (Wildman–Crippen MR) is 119 cm³/mol. The molecular formula is C24H25N5O. The second-order valence-corrected chi connectivity index (χ2v) is 8.05. The van der Waals surface area contributed by atoms with E-state index in [2.05, 4.69) is 71.6 Å². The van der Waals surface area contributed by atoms with Gasteiger partial charge in [0.2, 0.25) is 5.91 Å². The first kappa shape index (κ1) is 19.9. The molecule has 6 nitrogen and oxygen atoms in total. The summed E-state index contributed by atoms with van der Waals surface area (Å²) < 4.78 is 0. The Morgan fingerprint density at radius 3 is 2.50 bits per heavy atom. The van der Waals surface area contributed by atoms with Crippen molar-refractivity contribution in [1.82, 2.24) is 5.01 Å². The standard InChI is InChI=1S/C24H25N5O/c1-16-6-10-18(11-7-16)14-20-4-3-5-21-23(20)27-29(22(30)15-26-28-25)24(21)19-12-8-17(2)9-13-19/h6-14,21,24H,3-5,15H2,1-2H3/b20-14-/t21-,24+/m1/s1. The van der Waals surface area contributed by atoms with Crippen molar-refractivity contribution in [2.75, 3.05) is 6.54 Å². The molecular weight excluding hydrogens is 374 g/mol. The average Bonchev–Trinajstić information content (AvgIpc) is 3.15. The lowest BCUT2D eigenvalue weighted by molar-refractivity contribution is -0.132. The number of fused-ring (bicyclic) bond motifs is 1. The third kappa shape index (κ3) is 4.00. The summed E-state index contributed by atoms with van der Waals surface area (Å²) in [7, 11) is 0. The van der Waals surface area contributed by atoms with Gasteiger partial charge in [0.1, 0.15) is 6.54 Å². The molecule has 152 valence electrons. The average molecular weight is 399 g/mol. The molecule has 0 N–H and O–H groups in total. The highest BCUT2D eigenvalue weighted by molar-refractivity contribution is 6.08. The Hall–Kier alpha value is -3.37. The van der Waals surface area contributed by atoms with Crippen LogP contribution >= 0.6 is 0 Å². The largest absolute Gasteiger partial charge is 0.273 e. The highest BCUT2D eigenvalue weighted by Crippen LogP contribution is 2.44. The highest BCUT2D eigenvalue weighted by atomic mass is 16.2. The van der Waals surface area contributed by atoms with Crippen LogP contribution in [0.4, 0.5) is 0 Å². The van der Waals surface area contributed by atoms with E-state index in [9.17, 15) is 4.79 Å². The minimum absolute atomic E-state index is 0.146. The number of nitrogens with zero attached hydrogens (tertiary/aromatic N) is 5. The van der Waals surface area contributed by atoms with E-state index in [-0.39, 0.29) is 24.4 Å². The lowest BCUT2D eigenvalue weighted by atomic mass is 9.77. The Bertz CT molecular complexity index is 1050. The van der Waals surface area contributed by atoms with Crippen LogP contribution < -0.4 is 0 Å². The van der Waals surface area contributed by atoms with E-state index >= 15 is 0 Å². The summed E-state index contributed by atoms with van der Waals surface area (Å²) in [6.45, 7) is 3.90. The Morgan fingerprint density at radius 2 is 1.83 bits per heavy atom. The molecule has 0 spiro atoms. The van der Waals surface area contributed by atoms with Crippen LogP contribution in [0, 0.1) is 19.8 Å². The Labute approximate surface area is 176 Å². The van der Waals surface area contributed by atoms with Gasteiger partial charge in [0, 0.05) is 10.8 Å². The Kier molecular flexibility index (Phi) is 5.68. The lowest BCUT2D eigenvalue weighted by Crippen LogP contribution is -2.33. The number of azide groups is 1. The second kappa shape index (κ2) is 8.56.